The van der Waals surface area contributed by atoms with E-state index < -0.39 is 0 Å². The summed E-state index contributed by atoms with van der Waals surface area (Å²) in [6.07, 6.45) is 4.87. The van der Waals surface area contributed by atoms with Gasteiger partial charge in [-0.3, -0.25) is 4.79 Å². The molecule has 3 aromatic rings. The smallest absolute Gasteiger partial charge is 0.257 e. The number of carbonyl (C=O) groups is 1. The molecule has 1 fully saturated rings. The number of halogens is 1. The van der Waals surface area contributed by atoms with E-state index in [1.807, 2.05) is 35.2 Å². The molecule has 2 aromatic carbocycles. The van der Waals surface area contributed by atoms with Crippen molar-refractivity contribution in [1.82, 2.24) is 14.9 Å². The van der Waals surface area contributed by atoms with Crippen LogP contribution in [0.1, 0.15) is 34.8 Å². The Morgan fingerprint density at radius 3 is 2.44 bits per heavy atom. The minimum Gasteiger partial charge on any atom is -0.332 e. The van der Waals surface area contributed by atoms with Gasteiger partial charge in [-0.2, -0.15) is 0 Å². The van der Waals surface area contributed by atoms with Gasteiger partial charge in [-0.05, 0) is 42.7 Å². The number of carbonyl (C=O) groups excluding carboxylic acids is 1. The molecule has 5 nitrogen and oxygen atoms in total. The molecule has 0 saturated carbocycles. The number of benzene rings is 2. The molecule has 27 heavy (non-hydrogen) atoms. The molecule has 0 radical (unpaired) electrons. The lowest BCUT2D eigenvalue weighted by Gasteiger charge is -2.25. The van der Waals surface area contributed by atoms with E-state index in [1.165, 1.54) is 12.1 Å². The van der Waals surface area contributed by atoms with Gasteiger partial charge in [0.25, 0.3) is 5.91 Å². The third-order valence-electron chi connectivity index (χ3n) is 4.70. The molecule has 0 aliphatic carbocycles. The largest absolute Gasteiger partial charge is 0.332 e. The lowest BCUT2D eigenvalue weighted by Crippen LogP contribution is -2.30. The van der Waals surface area contributed by atoms with Crippen LogP contribution in [0.15, 0.2) is 67.0 Å². The first-order chi connectivity index (χ1) is 13.2. The van der Waals surface area contributed by atoms with Crippen molar-refractivity contribution in [3.05, 3.63) is 83.9 Å². The number of anilines is 2. The molecular formula is C21H19FN4O. The maximum absolute atomic E-state index is 13.2. The van der Waals surface area contributed by atoms with Crippen LogP contribution in [-0.4, -0.2) is 27.3 Å². The number of nitrogens with zero attached hydrogens (tertiary/aromatic N) is 3. The number of amides is 1. The number of aromatic nitrogens is 2. The van der Waals surface area contributed by atoms with E-state index in [1.54, 1.807) is 24.5 Å². The fraction of sp³-hybridized carbons (Fsp3) is 0.190. The van der Waals surface area contributed by atoms with Crippen LogP contribution in [0.25, 0.3) is 0 Å². The van der Waals surface area contributed by atoms with Crippen molar-refractivity contribution < 1.29 is 9.18 Å². The number of hydrogen-bond acceptors (Lipinski definition) is 4. The van der Waals surface area contributed by atoms with Crippen molar-refractivity contribution >= 4 is 17.5 Å². The molecule has 1 saturated heterocycles. The Morgan fingerprint density at radius 2 is 1.74 bits per heavy atom. The third kappa shape index (κ3) is 3.79. The van der Waals surface area contributed by atoms with Gasteiger partial charge in [0.05, 0.1) is 11.6 Å². The molecule has 1 aliphatic rings. The second-order valence-electron chi connectivity index (χ2n) is 6.49. The van der Waals surface area contributed by atoms with Crippen LogP contribution in [0, 0.1) is 5.82 Å². The zero-order valence-electron chi connectivity index (χ0n) is 14.7. The molecule has 2 heterocycles. The summed E-state index contributed by atoms with van der Waals surface area (Å²) in [4.78, 5) is 23.2. The normalized spacial score (nSPS) is 16.3. The fourth-order valence-electron chi connectivity index (χ4n) is 3.36. The summed E-state index contributed by atoms with van der Waals surface area (Å²) in [5.41, 5.74) is 2.28. The highest BCUT2D eigenvalue weighted by Crippen LogP contribution is 2.33. The van der Waals surface area contributed by atoms with E-state index in [0.717, 1.165) is 24.1 Å². The highest BCUT2D eigenvalue weighted by atomic mass is 19.1. The van der Waals surface area contributed by atoms with Crippen LogP contribution in [-0.2, 0) is 0 Å². The van der Waals surface area contributed by atoms with Gasteiger partial charge >= 0.3 is 0 Å². The Morgan fingerprint density at radius 1 is 1.04 bits per heavy atom. The molecule has 1 amide bonds. The summed E-state index contributed by atoms with van der Waals surface area (Å²) in [6, 6.07) is 15.9. The average Bonchev–Trinajstić information content (AvgIpc) is 3.19. The average molecular weight is 362 g/mol. The maximum Gasteiger partial charge on any atom is 0.257 e. The first kappa shape index (κ1) is 17.1. The van der Waals surface area contributed by atoms with E-state index in [4.69, 9.17) is 0 Å². The zero-order valence-corrected chi connectivity index (χ0v) is 14.7. The van der Waals surface area contributed by atoms with Crippen molar-refractivity contribution in [2.75, 3.05) is 11.9 Å². The van der Waals surface area contributed by atoms with E-state index in [0.29, 0.717) is 18.1 Å². The third-order valence-corrected chi connectivity index (χ3v) is 4.70. The van der Waals surface area contributed by atoms with Gasteiger partial charge in [0, 0.05) is 24.6 Å². The lowest BCUT2D eigenvalue weighted by molar-refractivity contribution is 0.0735. The molecular weight excluding hydrogens is 343 g/mol. The van der Waals surface area contributed by atoms with Gasteiger partial charge in [0.2, 0.25) is 5.95 Å². The van der Waals surface area contributed by atoms with E-state index in [9.17, 15) is 9.18 Å². The predicted octanol–water partition coefficient (Wildman–Crippen LogP) is 4.34. The highest BCUT2D eigenvalue weighted by Gasteiger charge is 2.30. The summed E-state index contributed by atoms with van der Waals surface area (Å²) in [5, 5.41) is 3.10. The van der Waals surface area contributed by atoms with Gasteiger partial charge in [0.1, 0.15) is 5.82 Å². The van der Waals surface area contributed by atoms with Crippen molar-refractivity contribution in [2.24, 2.45) is 0 Å². The van der Waals surface area contributed by atoms with Gasteiger partial charge in [-0.1, -0.05) is 30.3 Å². The van der Waals surface area contributed by atoms with Gasteiger partial charge in [-0.15, -0.1) is 0 Å². The molecule has 1 aromatic heterocycles. The van der Waals surface area contributed by atoms with E-state index in [-0.39, 0.29) is 17.8 Å². The van der Waals surface area contributed by atoms with E-state index >= 15 is 0 Å². The quantitative estimate of drug-likeness (QED) is 0.750. The predicted molar refractivity (Wildman–Crippen MR) is 101 cm³/mol. The fourth-order valence-corrected chi connectivity index (χ4v) is 3.36. The molecule has 0 bridgehead atoms. The summed E-state index contributed by atoms with van der Waals surface area (Å²) in [7, 11) is 0. The Bertz CT molecular complexity index is 913. The van der Waals surface area contributed by atoms with Crippen molar-refractivity contribution in [3.8, 4) is 0 Å². The van der Waals surface area contributed by atoms with Crippen LogP contribution >= 0.6 is 0 Å². The first-order valence-corrected chi connectivity index (χ1v) is 8.91. The van der Waals surface area contributed by atoms with Crippen LogP contribution in [0.5, 0.6) is 0 Å². The molecule has 1 atom stereocenters. The van der Waals surface area contributed by atoms with Gasteiger partial charge < -0.3 is 10.2 Å². The topological polar surface area (TPSA) is 58.1 Å². The second kappa shape index (κ2) is 7.53. The van der Waals surface area contributed by atoms with Crippen molar-refractivity contribution in [3.63, 3.8) is 0 Å². The second-order valence-corrected chi connectivity index (χ2v) is 6.49. The molecule has 1 N–H and O–H groups in total. The van der Waals surface area contributed by atoms with Gasteiger partial charge in [-0.25, -0.2) is 14.4 Å². The summed E-state index contributed by atoms with van der Waals surface area (Å²) in [6.45, 7) is 0.672. The Balaban J connectivity index is 1.49. The Kier molecular flexibility index (Phi) is 4.78. The molecule has 136 valence electrons. The molecule has 4 rings (SSSR count). The summed E-state index contributed by atoms with van der Waals surface area (Å²) in [5.74, 6) is 0.0619. The maximum atomic E-state index is 13.2. The monoisotopic (exact) mass is 362 g/mol. The van der Waals surface area contributed by atoms with Crippen molar-refractivity contribution in [1.29, 1.82) is 0 Å². The van der Waals surface area contributed by atoms with Gasteiger partial charge in [0.15, 0.2) is 0 Å². The SMILES string of the molecule is O=C(c1cnc(Nc2ccccc2)nc1)N1CCC[C@@H]1c1ccc(F)cc1. The highest BCUT2D eigenvalue weighted by molar-refractivity contribution is 5.94. The van der Waals surface area contributed by atoms with Crippen LogP contribution in [0.4, 0.5) is 16.0 Å². The molecule has 0 unspecified atom stereocenters. The van der Waals surface area contributed by atoms with Crippen LogP contribution < -0.4 is 5.32 Å². The number of para-hydroxylation sites is 1. The number of likely N-dealkylation sites (tertiary alicyclic amines) is 1. The number of hydrogen-bond donors (Lipinski definition) is 1. The molecule has 6 heteroatoms. The summed E-state index contributed by atoms with van der Waals surface area (Å²) >= 11 is 0. The number of rotatable bonds is 4. The van der Waals surface area contributed by atoms with Crippen LogP contribution in [0.3, 0.4) is 0 Å². The molecule has 0 spiro atoms. The minimum absolute atomic E-state index is 0.0415. The Labute approximate surface area is 156 Å². The molecule has 1 aliphatic heterocycles. The summed E-state index contributed by atoms with van der Waals surface area (Å²) < 4.78 is 13.2. The zero-order chi connectivity index (χ0) is 18.6. The standard InChI is InChI=1S/C21H19FN4O/c22-17-10-8-15(9-11-17)19-7-4-12-26(19)20(27)16-13-23-21(24-14-16)25-18-5-2-1-3-6-18/h1-3,5-6,8-11,13-14,19H,4,7,12H2,(H,23,24,25)/t19-/m1/s1. The minimum atomic E-state index is -0.274. The van der Waals surface area contributed by atoms with Crippen LogP contribution in [0.2, 0.25) is 0 Å². The first-order valence-electron chi connectivity index (χ1n) is 8.91. The lowest BCUT2D eigenvalue weighted by atomic mass is 10.0. The van der Waals surface area contributed by atoms with Crippen molar-refractivity contribution in [2.45, 2.75) is 18.9 Å². The van der Waals surface area contributed by atoms with E-state index in [2.05, 4.69) is 15.3 Å². The number of nitrogens with one attached hydrogen (secondary N) is 1. The Hall–Kier alpha value is -3.28.